The number of carbonyl (C=O) groups is 1. The summed E-state index contributed by atoms with van der Waals surface area (Å²) in [6.07, 6.45) is 1.48. The van der Waals surface area contributed by atoms with Gasteiger partial charge in [-0.15, -0.1) is 0 Å². The van der Waals surface area contributed by atoms with Crippen molar-refractivity contribution in [3.8, 4) is 17.6 Å². The van der Waals surface area contributed by atoms with Gasteiger partial charge < -0.3 is 14.8 Å². The molecule has 2 rings (SSSR count). The molecule has 0 aliphatic carbocycles. The summed E-state index contributed by atoms with van der Waals surface area (Å²) >= 11 is 14.2. The van der Waals surface area contributed by atoms with Gasteiger partial charge in [0.1, 0.15) is 11.6 Å². The Bertz CT molecular complexity index is 955. The third kappa shape index (κ3) is 5.53. The molecule has 28 heavy (non-hydrogen) atoms. The molecule has 0 radical (unpaired) electrons. The van der Waals surface area contributed by atoms with Gasteiger partial charge in [0.05, 0.1) is 32.5 Å². The summed E-state index contributed by atoms with van der Waals surface area (Å²) in [4.78, 5) is 12.5. The Morgan fingerprint density at radius 1 is 1.25 bits per heavy atom. The van der Waals surface area contributed by atoms with Gasteiger partial charge >= 0.3 is 0 Å². The number of carbonyl (C=O) groups excluding carboxylic acids is 1. The maximum atomic E-state index is 12.5. The number of hydrogen-bond donors (Lipinski definition) is 1. The molecule has 0 heterocycles. The summed E-state index contributed by atoms with van der Waals surface area (Å²) in [5.74, 6) is 0.599. The number of rotatable bonds is 7. The van der Waals surface area contributed by atoms with Crippen molar-refractivity contribution >= 4 is 63.5 Å². The molecule has 2 aromatic rings. The molecule has 2 aromatic carbocycles. The molecule has 1 N–H and O–H groups in total. The van der Waals surface area contributed by atoms with Gasteiger partial charge in [-0.25, -0.2) is 0 Å². The smallest absolute Gasteiger partial charge is 0.266 e. The van der Waals surface area contributed by atoms with Crippen molar-refractivity contribution in [3.05, 3.63) is 55.1 Å². The molecule has 5 nitrogen and oxygen atoms in total. The first-order chi connectivity index (χ1) is 13.4. The van der Waals surface area contributed by atoms with E-state index in [0.29, 0.717) is 41.0 Å². The molecule has 1 amide bonds. The van der Waals surface area contributed by atoms with Crippen molar-refractivity contribution in [2.45, 2.75) is 13.8 Å². The Hall–Kier alpha value is -1.95. The number of benzene rings is 2. The Balaban J connectivity index is 2.36. The second-order valence-electron chi connectivity index (χ2n) is 5.42. The summed E-state index contributed by atoms with van der Waals surface area (Å²) in [6.45, 7) is 4.71. The number of amides is 1. The molecule has 146 valence electrons. The zero-order valence-electron chi connectivity index (χ0n) is 15.2. The number of nitriles is 1. The molecule has 0 fully saturated rings. The minimum absolute atomic E-state index is 0.0848. The van der Waals surface area contributed by atoms with Gasteiger partial charge in [0, 0.05) is 0 Å². The highest BCUT2D eigenvalue weighted by Gasteiger charge is 2.15. The van der Waals surface area contributed by atoms with Gasteiger partial charge in [0.25, 0.3) is 5.91 Å². The minimum Gasteiger partial charge on any atom is -0.490 e. The highest BCUT2D eigenvalue weighted by Crippen LogP contribution is 2.35. The molecule has 0 saturated carbocycles. The summed E-state index contributed by atoms with van der Waals surface area (Å²) in [5, 5.41) is 12.6. The average molecular weight is 531 g/mol. The number of nitrogens with one attached hydrogen (secondary N) is 1. The van der Waals surface area contributed by atoms with Crippen LogP contribution < -0.4 is 14.8 Å². The van der Waals surface area contributed by atoms with Crippen LogP contribution >= 0.6 is 45.8 Å². The number of nitrogens with zero attached hydrogens (tertiary/aromatic N) is 1. The average Bonchev–Trinajstić information content (AvgIpc) is 2.66. The van der Waals surface area contributed by atoms with Crippen LogP contribution in [-0.2, 0) is 4.79 Å². The maximum absolute atomic E-state index is 12.5. The van der Waals surface area contributed by atoms with Crippen LogP contribution in [0.25, 0.3) is 6.08 Å². The van der Waals surface area contributed by atoms with Crippen LogP contribution in [0.4, 0.5) is 5.69 Å². The standard InChI is InChI=1S/C20H17Cl2IN2O3/c1-3-27-17-10-12(9-15(23)19(17)28-4-2)8-13(11-24)20(26)25-16-7-5-6-14(21)18(16)22/h5-10H,3-4H2,1-2H3,(H,25,26)/b13-8+. The summed E-state index contributed by atoms with van der Waals surface area (Å²) in [6, 6.07) is 10.3. The fourth-order valence-corrected chi connectivity index (χ4v) is 3.45. The van der Waals surface area contributed by atoms with Gasteiger partial charge in [-0.1, -0.05) is 29.3 Å². The van der Waals surface area contributed by atoms with Crippen molar-refractivity contribution in [2.75, 3.05) is 18.5 Å². The Morgan fingerprint density at radius 3 is 2.61 bits per heavy atom. The van der Waals surface area contributed by atoms with E-state index in [-0.39, 0.29) is 10.6 Å². The molecule has 0 aliphatic rings. The second-order valence-corrected chi connectivity index (χ2v) is 7.37. The van der Waals surface area contributed by atoms with Crippen molar-refractivity contribution in [3.63, 3.8) is 0 Å². The van der Waals surface area contributed by atoms with Crippen LogP contribution in [0.2, 0.25) is 10.0 Å². The van der Waals surface area contributed by atoms with Crippen molar-refractivity contribution < 1.29 is 14.3 Å². The number of ether oxygens (including phenoxy) is 2. The van der Waals surface area contributed by atoms with E-state index in [1.807, 2.05) is 26.0 Å². The van der Waals surface area contributed by atoms with Crippen molar-refractivity contribution in [1.29, 1.82) is 5.26 Å². The zero-order valence-corrected chi connectivity index (χ0v) is 18.9. The van der Waals surface area contributed by atoms with Crippen LogP contribution in [-0.4, -0.2) is 19.1 Å². The van der Waals surface area contributed by atoms with Crippen LogP contribution in [0.15, 0.2) is 35.9 Å². The van der Waals surface area contributed by atoms with E-state index in [9.17, 15) is 10.1 Å². The molecule has 0 aliphatic heterocycles. The van der Waals surface area contributed by atoms with Crippen molar-refractivity contribution in [1.82, 2.24) is 0 Å². The zero-order chi connectivity index (χ0) is 20.7. The lowest BCUT2D eigenvalue weighted by molar-refractivity contribution is -0.112. The fraction of sp³-hybridized carbons (Fsp3) is 0.200. The molecule has 0 aromatic heterocycles. The van der Waals surface area contributed by atoms with Gasteiger partial charge in [-0.3, -0.25) is 4.79 Å². The van der Waals surface area contributed by atoms with Crippen LogP contribution in [0.5, 0.6) is 11.5 Å². The van der Waals surface area contributed by atoms with E-state index in [2.05, 4.69) is 27.9 Å². The summed E-state index contributed by atoms with van der Waals surface area (Å²) < 4.78 is 12.1. The quantitative estimate of drug-likeness (QED) is 0.273. The monoisotopic (exact) mass is 530 g/mol. The lowest BCUT2D eigenvalue weighted by Gasteiger charge is -2.14. The molecule has 0 spiro atoms. The Kier molecular flexibility index (Phi) is 8.42. The lowest BCUT2D eigenvalue weighted by Crippen LogP contribution is -2.13. The van der Waals surface area contributed by atoms with E-state index in [4.69, 9.17) is 32.7 Å². The van der Waals surface area contributed by atoms with Gasteiger partial charge in [-0.05, 0) is 72.3 Å². The highest BCUT2D eigenvalue weighted by molar-refractivity contribution is 14.1. The SMILES string of the molecule is CCOc1cc(/C=C(\C#N)C(=O)Nc2cccc(Cl)c2Cl)cc(I)c1OCC. The maximum Gasteiger partial charge on any atom is 0.266 e. The van der Waals surface area contributed by atoms with Gasteiger partial charge in [-0.2, -0.15) is 5.26 Å². The number of anilines is 1. The largest absolute Gasteiger partial charge is 0.490 e. The van der Waals surface area contributed by atoms with Crippen molar-refractivity contribution in [2.24, 2.45) is 0 Å². The van der Waals surface area contributed by atoms with E-state index < -0.39 is 5.91 Å². The van der Waals surface area contributed by atoms with E-state index >= 15 is 0 Å². The Morgan fingerprint density at radius 2 is 1.96 bits per heavy atom. The van der Waals surface area contributed by atoms with E-state index in [1.54, 1.807) is 24.3 Å². The molecular formula is C20H17Cl2IN2O3. The fourth-order valence-electron chi connectivity index (χ4n) is 2.32. The van der Waals surface area contributed by atoms with Crippen LogP contribution in [0.1, 0.15) is 19.4 Å². The molecular weight excluding hydrogens is 514 g/mol. The van der Waals surface area contributed by atoms with Gasteiger partial charge in [0.15, 0.2) is 11.5 Å². The second kappa shape index (κ2) is 10.6. The molecule has 0 bridgehead atoms. The Labute approximate surface area is 187 Å². The van der Waals surface area contributed by atoms with Gasteiger partial charge in [0.2, 0.25) is 0 Å². The molecule has 0 saturated heterocycles. The molecule has 8 heteroatoms. The first kappa shape index (κ1) is 22.3. The highest BCUT2D eigenvalue weighted by atomic mass is 127. The van der Waals surface area contributed by atoms with Crippen LogP contribution in [0, 0.1) is 14.9 Å². The first-order valence-corrected chi connectivity index (χ1v) is 10.2. The molecule has 0 unspecified atom stereocenters. The van der Waals surface area contributed by atoms with E-state index in [1.165, 1.54) is 6.08 Å². The first-order valence-electron chi connectivity index (χ1n) is 8.37. The number of hydrogen-bond acceptors (Lipinski definition) is 4. The summed E-state index contributed by atoms with van der Waals surface area (Å²) in [5.41, 5.74) is 0.884. The normalized spacial score (nSPS) is 10.9. The topological polar surface area (TPSA) is 71.3 Å². The predicted molar refractivity (Wildman–Crippen MR) is 120 cm³/mol. The van der Waals surface area contributed by atoms with Crippen LogP contribution in [0.3, 0.4) is 0 Å². The minimum atomic E-state index is -0.589. The summed E-state index contributed by atoms with van der Waals surface area (Å²) in [7, 11) is 0. The third-order valence-corrected chi connectivity index (χ3v) is 5.12. The lowest BCUT2D eigenvalue weighted by atomic mass is 10.1. The number of halogens is 3. The third-order valence-electron chi connectivity index (χ3n) is 3.50. The van der Waals surface area contributed by atoms with E-state index in [0.717, 1.165) is 3.57 Å². The predicted octanol–water partition coefficient (Wildman–Crippen LogP) is 5.94. The molecule has 0 atom stereocenters.